The second-order valence-corrected chi connectivity index (χ2v) is 15.5. The van der Waals surface area contributed by atoms with Crippen molar-refractivity contribution in [1.82, 2.24) is 10.2 Å². The van der Waals surface area contributed by atoms with Crippen molar-refractivity contribution in [2.45, 2.75) is 88.7 Å². The van der Waals surface area contributed by atoms with Gasteiger partial charge in [-0.2, -0.15) is 0 Å². The zero-order valence-corrected chi connectivity index (χ0v) is 33.4. The van der Waals surface area contributed by atoms with Gasteiger partial charge in [0, 0.05) is 39.1 Å². The topological polar surface area (TPSA) is 190 Å². The average Bonchev–Trinajstić information content (AvgIpc) is 3.84. The molecular formula is C39H45Cl2FN4O10. The first-order chi connectivity index (χ1) is 26.2. The number of aldehydes is 1. The number of carbonyl (C=O) groups excluding carboxylic acids is 5. The minimum Gasteiger partial charge on any atom is -0.457 e. The van der Waals surface area contributed by atoms with Crippen LogP contribution in [0.5, 0.6) is 0 Å². The Morgan fingerprint density at radius 3 is 2.59 bits per heavy atom. The van der Waals surface area contributed by atoms with Crippen molar-refractivity contribution in [1.29, 1.82) is 0 Å². The standard InChI is InChI=1S/C39H45Cl2FN4O10/c1-19-9-8-10-30(53-7)39(52)17-29(54-37(51)44-39)20(2)34-38(4,56-34)31(16-32(48)46(6)28-13-22(11-19)12-23(18-47)33(28)41)55-36(50)21(3)45(5)35(49)24-14-26(42)27(43)15-25(24)40/h8-10,12-15,18,20-21,29-31,34,52H,11,16-17,43H2,1-7H3,(H,44,51)/b10-8+,19-9+/t20-,21+,29+,30-,31+,34+,38+,39+/m1/s1. The molecule has 2 fully saturated rings. The van der Waals surface area contributed by atoms with Crippen molar-refractivity contribution in [2.75, 3.05) is 31.8 Å². The minimum atomic E-state index is -1.90. The Labute approximate surface area is 333 Å². The number of carbonyl (C=O) groups is 5. The zero-order chi connectivity index (χ0) is 41.4. The third-order valence-corrected chi connectivity index (χ3v) is 11.5. The number of methoxy groups -OCH3 is 1. The van der Waals surface area contributed by atoms with Crippen molar-refractivity contribution in [3.05, 3.63) is 80.6 Å². The van der Waals surface area contributed by atoms with E-state index in [0.717, 1.165) is 22.6 Å². The number of rotatable bonds is 6. The number of nitrogens with one attached hydrogen (secondary N) is 1. The number of hydrogen-bond donors (Lipinski definition) is 3. The number of nitrogen functional groups attached to an aromatic ring is 1. The molecule has 2 saturated heterocycles. The Bertz CT molecular complexity index is 2000. The van der Waals surface area contributed by atoms with Gasteiger partial charge in [0.1, 0.15) is 35.8 Å². The zero-order valence-electron chi connectivity index (χ0n) is 31.9. The van der Waals surface area contributed by atoms with E-state index in [1.807, 2.05) is 6.92 Å². The van der Waals surface area contributed by atoms with Crippen LogP contribution in [0.3, 0.4) is 0 Å². The van der Waals surface area contributed by atoms with E-state index in [1.54, 1.807) is 44.2 Å². The Kier molecular flexibility index (Phi) is 12.6. The fraction of sp³-hybridized carbons (Fsp3) is 0.462. The van der Waals surface area contributed by atoms with E-state index < -0.39 is 83.8 Å². The number of benzene rings is 2. The lowest BCUT2D eigenvalue weighted by Gasteiger charge is -2.42. The van der Waals surface area contributed by atoms with E-state index in [0.29, 0.717) is 18.3 Å². The van der Waals surface area contributed by atoms with Gasteiger partial charge in [-0.1, -0.05) is 53.9 Å². The molecule has 0 aliphatic carbocycles. The van der Waals surface area contributed by atoms with Crippen LogP contribution in [0.15, 0.2) is 48.1 Å². The maximum Gasteiger partial charge on any atom is 0.409 e. The van der Waals surface area contributed by atoms with Crippen LogP contribution >= 0.6 is 23.2 Å². The molecular weight excluding hydrogens is 774 g/mol. The van der Waals surface area contributed by atoms with Gasteiger partial charge in [-0.3, -0.25) is 19.7 Å². The summed E-state index contributed by atoms with van der Waals surface area (Å²) >= 11 is 12.8. The highest BCUT2D eigenvalue weighted by atomic mass is 35.5. The number of esters is 1. The fourth-order valence-electron chi connectivity index (χ4n) is 7.08. The molecule has 14 nitrogen and oxygen atoms in total. The quantitative estimate of drug-likeness (QED) is 0.154. The number of amides is 3. The van der Waals surface area contributed by atoms with E-state index in [-0.39, 0.29) is 39.0 Å². The first kappa shape index (κ1) is 42.6. The molecule has 56 heavy (non-hydrogen) atoms. The van der Waals surface area contributed by atoms with Crippen molar-refractivity contribution >= 4 is 64.7 Å². The molecule has 0 unspecified atom stereocenters. The lowest BCUT2D eigenvalue weighted by molar-refractivity contribution is -0.158. The average molecular weight is 820 g/mol. The summed E-state index contributed by atoms with van der Waals surface area (Å²) in [4.78, 5) is 68.6. The van der Waals surface area contributed by atoms with E-state index in [9.17, 15) is 33.5 Å². The van der Waals surface area contributed by atoms with Crippen LogP contribution in [0.1, 0.15) is 66.8 Å². The van der Waals surface area contributed by atoms with E-state index in [4.69, 9.17) is 47.9 Å². The predicted octanol–water partition coefficient (Wildman–Crippen LogP) is 5.01. The molecule has 8 atom stereocenters. The highest BCUT2D eigenvalue weighted by Gasteiger charge is 2.64. The van der Waals surface area contributed by atoms with E-state index in [1.165, 1.54) is 33.0 Å². The van der Waals surface area contributed by atoms with Gasteiger partial charge in [-0.15, -0.1) is 0 Å². The number of nitrogens with two attached hydrogens (primary N) is 1. The highest BCUT2D eigenvalue weighted by molar-refractivity contribution is 6.36. The number of nitrogens with zero attached hydrogens (tertiary/aromatic N) is 2. The Morgan fingerprint density at radius 1 is 1.23 bits per heavy atom. The van der Waals surface area contributed by atoms with Crippen LogP contribution in [-0.4, -0.2) is 103 Å². The number of ether oxygens (including phenoxy) is 4. The van der Waals surface area contributed by atoms with Crippen molar-refractivity contribution in [3.63, 3.8) is 0 Å². The number of alkyl carbamates (subject to hydrolysis) is 1. The molecule has 3 heterocycles. The summed E-state index contributed by atoms with van der Waals surface area (Å²) in [5, 5.41) is 14.1. The van der Waals surface area contributed by atoms with Gasteiger partial charge < -0.3 is 39.6 Å². The van der Waals surface area contributed by atoms with Crippen LogP contribution < -0.4 is 16.0 Å². The second-order valence-electron chi connectivity index (χ2n) is 14.7. The summed E-state index contributed by atoms with van der Waals surface area (Å²) in [6, 6.07) is 3.96. The van der Waals surface area contributed by atoms with Crippen LogP contribution in [0, 0.1) is 11.7 Å². The van der Waals surface area contributed by atoms with Crippen LogP contribution in [0.25, 0.3) is 0 Å². The Hall–Kier alpha value is -4.54. The molecule has 302 valence electrons. The summed E-state index contributed by atoms with van der Waals surface area (Å²) in [6.45, 7) is 6.59. The van der Waals surface area contributed by atoms with Gasteiger partial charge in [0.2, 0.25) is 5.91 Å². The third-order valence-electron chi connectivity index (χ3n) is 10.7. The van der Waals surface area contributed by atoms with Gasteiger partial charge in [-0.25, -0.2) is 14.0 Å². The molecule has 4 N–H and O–H groups in total. The molecule has 3 amide bonds. The van der Waals surface area contributed by atoms with Crippen molar-refractivity contribution in [2.24, 2.45) is 5.92 Å². The molecule has 0 spiro atoms. The lowest BCUT2D eigenvalue weighted by atomic mass is 9.83. The van der Waals surface area contributed by atoms with Gasteiger partial charge in [0.15, 0.2) is 12.0 Å². The van der Waals surface area contributed by atoms with Gasteiger partial charge in [0.25, 0.3) is 5.91 Å². The molecule has 5 rings (SSSR count). The summed E-state index contributed by atoms with van der Waals surface area (Å²) in [5.74, 6) is -3.80. The van der Waals surface area contributed by atoms with Crippen LogP contribution in [0.4, 0.5) is 20.6 Å². The molecule has 17 heteroatoms. The smallest absolute Gasteiger partial charge is 0.409 e. The van der Waals surface area contributed by atoms with E-state index >= 15 is 0 Å². The second kappa shape index (κ2) is 16.5. The lowest BCUT2D eigenvalue weighted by Crippen LogP contribution is -2.63. The minimum absolute atomic E-state index is 0.0326. The SMILES string of the molecule is CO[C@@H]1/C=C/C=C(\C)Cc2cc(C=O)c(Cl)c(c2)N(C)C(=O)C[C@H](OC(=O)[C@H](C)N(C)C(=O)c2cc(F)c(N)cc2Cl)[C@]2(C)O[C@H]2[C@H](C)[C@@H]2C[C@@]1(O)NC(=O)O2. The number of halogens is 3. The molecule has 0 radical (unpaired) electrons. The maximum absolute atomic E-state index is 14.3. The van der Waals surface area contributed by atoms with Gasteiger partial charge in [0.05, 0.1) is 39.5 Å². The van der Waals surface area contributed by atoms with Crippen LogP contribution in [-0.2, 0) is 35.0 Å². The summed E-state index contributed by atoms with van der Waals surface area (Å²) in [5.41, 5.74) is 3.70. The van der Waals surface area contributed by atoms with Crippen molar-refractivity contribution in [3.8, 4) is 0 Å². The summed E-state index contributed by atoms with van der Waals surface area (Å²) in [7, 11) is 4.16. The predicted molar refractivity (Wildman–Crippen MR) is 205 cm³/mol. The maximum atomic E-state index is 14.3. The largest absolute Gasteiger partial charge is 0.457 e. The molecule has 0 saturated carbocycles. The fourth-order valence-corrected chi connectivity index (χ4v) is 7.62. The number of anilines is 2. The normalized spacial score (nSPS) is 30.1. The first-order valence-corrected chi connectivity index (χ1v) is 18.5. The number of fused-ring (bicyclic) bond motifs is 5. The van der Waals surface area contributed by atoms with Crippen molar-refractivity contribution < 1.29 is 52.4 Å². The molecule has 3 aliphatic heterocycles. The number of hydrogen-bond acceptors (Lipinski definition) is 11. The van der Waals surface area contributed by atoms with Crippen LogP contribution in [0.2, 0.25) is 10.0 Å². The third kappa shape index (κ3) is 8.56. The Balaban J connectivity index is 1.53. The van der Waals surface area contributed by atoms with Gasteiger partial charge in [-0.05, 0) is 57.0 Å². The molecule has 2 aromatic carbocycles. The first-order valence-electron chi connectivity index (χ1n) is 17.8. The highest BCUT2D eigenvalue weighted by Crippen LogP contribution is 2.49. The van der Waals surface area contributed by atoms with E-state index in [2.05, 4.69) is 5.32 Å². The molecule has 2 aromatic rings. The number of aliphatic hydroxyl groups is 1. The molecule has 0 aromatic heterocycles. The van der Waals surface area contributed by atoms with Gasteiger partial charge >= 0.3 is 12.1 Å². The monoisotopic (exact) mass is 818 g/mol. The number of likely N-dealkylation sites (N-methyl/N-ethyl adjacent to an activating group) is 1. The molecule has 4 bridgehead atoms. The summed E-state index contributed by atoms with van der Waals surface area (Å²) < 4.78 is 37.7. The number of epoxide rings is 1. The molecule has 3 aliphatic rings. The summed E-state index contributed by atoms with van der Waals surface area (Å²) in [6.07, 6.45) is 0.510. The Morgan fingerprint density at radius 2 is 1.93 bits per heavy atom. The number of allylic oxidation sites excluding steroid dienone is 3.